The number of likely N-dealkylation sites (tertiary alicyclic amines) is 1. The predicted octanol–water partition coefficient (Wildman–Crippen LogP) is 4.16. The number of nitrogens with zero attached hydrogens (tertiary/aromatic N) is 4. The Labute approximate surface area is 196 Å². The minimum absolute atomic E-state index is 0.0130. The molecule has 0 radical (unpaired) electrons. The van der Waals surface area contributed by atoms with Crippen molar-refractivity contribution in [1.29, 1.82) is 0 Å². The fraction of sp³-hybridized carbons (Fsp3) is 0.185. The minimum atomic E-state index is -0.740. The fourth-order valence-corrected chi connectivity index (χ4v) is 5.23. The molecule has 2 aromatic carbocycles. The van der Waals surface area contributed by atoms with Crippen molar-refractivity contribution in [1.82, 2.24) is 14.9 Å². The Morgan fingerprint density at radius 1 is 1.03 bits per heavy atom. The monoisotopic (exact) mass is 450 g/mol. The van der Waals surface area contributed by atoms with Crippen LogP contribution in [0.1, 0.15) is 11.3 Å². The maximum Gasteiger partial charge on any atom is 0.409 e. The number of para-hydroxylation sites is 1. The highest BCUT2D eigenvalue weighted by molar-refractivity contribution is 6.10. The predicted molar refractivity (Wildman–Crippen MR) is 128 cm³/mol. The topological polar surface area (TPSA) is 75.6 Å². The van der Waals surface area contributed by atoms with Gasteiger partial charge in [0.25, 0.3) is 0 Å². The number of benzene rings is 2. The first-order valence-corrected chi connectivity index (χ1v) is 11.1. The van der Waals surface area contributed by atoms with Gasteiger partial charge in [-0.2, -0.15) is 0 Å². The highest BCUT2D eigenvalue weighted by Crippen LogP contribution is 2.48. The molecule has 0 N–H and O–H groups in total. The van der Waals surface area contributed by atoms with Gasteiger partial charge in [0.2, 0.25) is 5.91 Å². The van der Waals surface area contributed by atoms with Gasteiger partial charge in [0.15, 0.2) is 0 Å². The minimum Gasteiger partial charge on any atom is -0.453 e. The van der Waals surface area contributed by atoms with Crippen molar-refractivity contribution in [2.24, 2.45) is 0 Å². The van der Waals surface area contributed by atoms with Gasteiger partial charge in [0.05, 0.1) is 19.3 Å². The van der Waals surface area contributed by atoms with E-state index in [1.165, 1.54) is 7.11 Å². The number of methoxy groups -OCH3 is 1. The lowest BCUT2D eigenvalue weighted by molar-refractivity contribution is -0.128. The van der Waals surface area contributed by atoms with Gasteiger partial charge in [-0.1, -0.05) is 48.5 Å². The molecule has 6 rings (SSSR count). The Balaban J connectivity index is 1.44. The normalized spacial score (nSPS) is 16.0. The number of hydrogen-bond donors (Lipinski definition) is 0. The second-order valence-corrected chi connectivity index (χ2v) is 8.73. The molecule has 34 heavy (non-hydrogen) atoms. The molecule has 1 spiro atoms. The zero-order valence-electron chi connectivity index (χ0n) is 18.6. The van der Waals surface area contributed by atoms with Crippen LogP contribution in [0.3, 0.4) is 0 Å². The summed E-state index contributed by atoms with van der Waals surface area (Å²) in [5.74, 6) is -0.0130. The van der Waals surface area contributed by atoms with Crippen molar-refractivity contribution in [2.75, 3.05) is 25.1 Å². The number of ether oxygens (including phenoxy) is 1. The summed E-state index contributed by atoms with van der Waals surface area (Å²) in [5, 5.41) is 2.10. The number of pyridine rings is 2. The molecule has 1 saturated heterocycles. The van der Waals surface area contributed by atoms with E-state index >= 15 is 0 Å². The van der Waals surface area contributed by atoms with Crippen molar-refractivity contribution in [3.8, 4) is 11.1 Å². The summed E-state index contributed by atoms with van der Waals surface area (Å²) in [7, 11) is 1.36. The third-order valence-electron chi connectivity index (χ3n) is 6.86. The molecule has 0 aliphatic carbocycles. The second-order valence-electron chi connectivity index (χ2n) is 8.73. The first kappa shape index (κ1) is 20.4. The van der Waals surface area contributed by atoms with Gasteiger partial charge in [-0.05, 0) is 23.1 Å². The zero-order valence-corrected chi connectivity index (χ0v) is 18.6. The molecule has 4 heterocycles. The van der Waals surface area contributed by atoms with Crippen molar-refractivity contribution < 1.29 is 14.3 Å². The number of anilines is 1. The number of carbonyl (C=O) groups is 2. The quantitative estimate of drug-likeness (QED) is 0.468. The number of aromatic nitrogens is 2. The summed E-state index contributed by atoms with van der Waals surface area (Å²) < 4.78 is 4.85. The van der Waals surface area contributed by atoms with E-state index in [1.54, 1.807) is 16.0 Å². The number of fused-ring (bicyclic) bond motifs is 3. The van der Waals surface area contributed by atoms with Crippen molar-refractivity contribution >= 4 is 28.5 Å². The maximum absolute atomic E-state index is 13.8. The molecule has 2 aliphatic rings. The summed E-state index contributed by atoms with van der Waals surface area (Å²) in [6.45, 7) is 0.949. The van der Waals surface area contributed by atoms with Gasteiger partial charge in [-0.25, -0.2) is 4.79 Å². The van der Waals surface area contributed by atoms with Crippen molar-refractivity contribution in [3.05, 3.63) is 90.5 Å². The van der Waals surface area contributed by atoms with E-state index in [9.17, 15) is 9.59 Å². The van der Waals surface area contributed by atoms with E-state index in [2.05, 4.69) is 11.1 Å². The van der Waals surface area contributed by atoms with Crippen LogP contribution in [0.25, 0.3) is 21.9 Å². The average molecular weight is 450 g/mol. The van der Waals surface area contributed by atoms with E-state index in [-0.39, 0.29) is 5.91 Å². The molecule has 2 aliphatic heterocycles. The number of amides is 2. The van der Waals surface area contributed by atoms with Crippen LogP contribution in [-0.4, -0.2) is 47.1 Å². The van der Waals surface area contributed by atoms with Gasteiger partial charge in [-0.15, -0.1) is 0 Å². The van der Waals surface area contributed by atoms with E-state index in [0.29, 0.717) is 19.6 Å². The Morgan fingerprint density at radius 2 is 1.82 bits per heavy atom. The highest BCUT2D eigenvalue weighted by atomic mass is 16.5. The summed E-state index contributed by atoms with van der Waals surface area (Å²) in [4.78, 5) is 38.3. The molecule has 0 unspecified atom stereocenters. The van der Waals surface area contributed by atoms with Gasteiger partial charge < -0.3 is 14.5 Å². The summed E-state index contributed by atoms with van der Waals surface area (Å²) in [6.07, 6.45) is 5.02. The van der Waals surface area contributed by atoms with Crippen LogP contribution >= 0.6 is 0 Å². The third kappa shape index (κ3) is 2.90. The maximum atomic E-state index is 13.8. The molecule has 2 amide bonds. The fourth-order valence-electron chi connectivity index (χ4n) is 5.23. The molecular weight excluding hydrogens is 428 g/mol. The Bertz CT molecular complexity index is 1430. The van der Waals surface area contributed by atoms with Crippen LogP contribution in [0.2, 0.25) is 0 Å². The largest absolute Gasteiger partial charge is 0.453 e. The van der Waals surface area contributed by atoms with E-state index in [0.717, 1.165) is 38.8 Å². The van der Waals surface area contributed by atoms with E-state index in [1.807, 2.05) is 67.0 Å². The second kappa shape index (κ2) is 7.66. The van der Waals surface area contributed by atoms with Gasteiger partial charge >= 0.3 is 6.09 Å². The average Bonchev–Trinajstić information content (AvgIpc) is 3.11. The first-order chi connectivity index (χ1) is 16.6. The Hall–Kier alpha value is -4.26. The summed E-state index contributed by atoms with van der Waals surface area (Å²) in [6, 6.07) is 19.8. The van der Waals surface area contributed by atoms with E-state index in [4.69, 9.17) is 9.72 Å². The molecule has 7 nitrogen and oxygen atoms in total. The molecule has 7 heteroatoms. The van der Waals surface area contributed by atoms with Crippen molar-refractivity contribution in [3.63, 3.8) is 0 Å². The van der Waals surface area contributed by atoms with Crippen LogP contribution in [0.5, 0.6) is 0 Å². The van der Waals surface area contributed by atoms with Crippen LogP contribution in [0.4, 0.5) is 10.5 Å². The van der Waals surface area contributed by atoms with Crippen LogP contribution in [0, 0.1) is 0 Å². The lowest BCUT2D eigenvalue weighted by atomic mass is 9.75. The summed E-state index contributed by atoms with van der Waals surface area (Å²) in [5.41, 5.74) is 3.80. The summed E-state index contributed by atoms with van der Waals surface area (Å²) >= 11 is 0. The van der Waals surface area contributed by atoms with Crippen molar-refractivity contribution in [2.45, 2.75) is 12.0 Å². The van der Waals surface area contributed by atoms with E-state index < -0.39 is 11.5 Å². The number of hydrogen-bond acceptors (Lipinski definition) is 5. The SMILES string of the molecule is COC(=O)N1CC2(C1)C(=O)N(Cc1ncc3ccccc3c1-c1cccnc1)c1ccccc12. The molecule has 0 atom stereocenters. The molecule has 2 aromatic heterocycles. The standard InChI is InChI=1S/C27H22N4O3/c1-34-26(33)30-16-27(17-30)21-10-4-5-11-23(21)31(25(27)32)15-22-24(19-8-6-12-28-13-19)20-9-3-2-7-18(20)14-29-22/h2-14H,15-17H2,1H3. The molecule has 4 aromatic rings. The van der Waals surface area contributed by atoms with Crippen LogP contribution in [0.15, 0.2) is 79.3 Å². The van der Waals surface area contributed by atoms with Gasteiger partial charge in [0, 0.05) is 53.9 Å². The lowest BCUT2D eigenvalue weighted by Gasteiger charge is -2.45. The van der Waals surface area contributed by atoms with Crippen LogP contribution in [-0.2, 0) is 21.5 Å². The third-order valence-corrected chi connectivity index (χ3v) is 6.86. The van der Waals surface area contributed by atoms with Gasteiger partial charge in [-0.3, -0.25) is 14.8 Å². The number of rotatable bonds is 3. The molecule has 0 bridgehead atoms. The van der Waals surface area contributed by atoms with Gasteiger partial charge in [0.1, 0.15) is 5.41 Å². The molecule has 1 fully saturated rings. The Morgan fingerprint density at radius 3 is 2.62 bits per heavy atom. The first-order valence-electron chi connectivity index (χ1n) is 11.1. The smallest absolute Gasteiger partial charge is 0.409 e. The van der Waals surface area contributed by atoms with Crippen LogP contribution < -0.4 is 4.90 Å². The molecule has 168 valence electrons. The zero-order chi connectivity index (χ0) is 23.3. The highest BCUT2D eigenvalue weighted by Gasteiger charge is 2.59. The Kier molecular flexibility index (Phi) is 4.58. The lowest BCUT2D eigenvalue weighted by Crippen LogP contribution is -2.65. The number of carbonyl (C=O) groups excluding carboxylic acids is 2. The molecular formula is C27H22N4O3. The molecule has 0 saturated carbocycles.